The summed E-state index contributed by atoms with van der Waals surface area (Å²) in [6, 6.07) is 25.2. The molecular formula is C31H21FN6O2. The molecular weight excluding hydrogens is 507 g/mol. The fraction of sp³-hybridized carbons (Fsp3) is 0.0323. The van der Waals surface area contributed by atoms with Gasteiger partial charge in [0.15, 0.2) is 11.5 Å². The van der Waals surface area contributed by atoms with Gasteiger partial charge in [-0.1, -0.05) is 42.5 Å². The zero-order valence-electron chi connectivity index (χ0n) is 21.0. The molecule has 194 valence electrons. The van der Waals surface area contributed by atoms with Crippen LogP contribution in [0.1, 0.15) is 5.56 Å². The third-order valence-electron chi connectivity index (χ3n) is 6.60. The second-order valence-corrected chi connectivity index (χ2v) is 9.33. The number of aromatic nitrogens is 6. The Morgan fingerprint density at radius 2 is 1.70 bits per heavy atom. The van der Waals surface area contributed by atoms with E-state index >= 15 is 0 Å². The lowest BCUT2D eigenvalue weighted by atomic mass is 10.0. The summed E-state index contributed by atoms with van der Waals surface area (Å²) < 4.78 is 20.0. The molecule has 0 amide bonds. The predicted molar refractivity (Wildman–Crippen MR) is 150 cm³/mol. The zero-order chi connectivity index (χ0) is 27.1. The van der Waals surface area contributed by atoms with Gasteiger partial charge in [-0.15, -0.1) is 0 Å². The number of hydrogen-bond acceptors (Lipinski definition) is 6. The molecule has 0 saturated carbocycles. The van der Waals surface area contributed by atoms with Crippen LogP contribution in [-0.4, -0.2) is 35.2 Å². The molecule has 0 spiro atoms. The predicted octanol–water partition coefficient (Wildman–Crippen LogP) is 6.65. The van der Waals surface area contributed by atoms with Crippen LogP contribution in [0.4, 0.5) is 4.39 Å². The summed E-state index contributed by atoms with van der Waals surface area (Å²) in [7, 11) is 0. The number of nitrogens with one attached hydrogen (secondary N) is 2. The summed E-state index contributed by atoms with van der Waals surface area (Å²) in [5.74, 6) is 0.476. The van der Waals surface area contributed by atoms with Crippen LogP contribution in [0, 0.1) is 5.82 Å². The third kappa shape index (κ3) is 4.39. The fourth-order valence-electron chi connectivity index (χ4n) is 4.71. The molecule has 3 aromatic carbocycles. The Labute approximate surface area is 227 Å². The number of para-hydroxylation sites is 1. The molecule has 0 aliphatic carbocycles. The largest absolute Gasteiger partial charge is 0.508 e. The number of ether oxygens (including phenoxy) is 1. The Morgan fingerprint density at radius 3 is 2.58 bits per heavy atom. The van der Waals surface area contributed by atoms with Gasteiger partial charge in [-0.05, 0) is 47.5 Å². The van der Waals surface area contributed by atoms with Crippen molar-refractivity contribution in [3.05, 3.63) is 109 Å². The molecule has 0 saturated heterocycles. The van der Waals surface area contributed by atoms with Gasteiger partial charge in [0.1, 0.15) is 29.4 Å². The molecule has 0 fully saturated rings. The maximum absolute atomic E-state index is 14.0. The molecule has 0 aliphatic heterocycles. The smallest absolute Gasteiger partial charge is 0.161 e. The van der Waals surface area contributed by atoms with Gasteiger partial charge in [0.25, 0.3) is 0 Å². The van der Waals surface area contributed by atoms with E-state index in [1.165, 1.54) is 12.1 Å². The van der Waals surface area contributed by atoms with Gasteiger partial charge in [-0.3, -0.25) is 10.1 Å². The Kier molecular flexibility index (Phi) is 5.67. The topological polar surface area (TPSA) is 113 Å². The number of phenols is 1. The Hall–Kier alpha value is -5.57. The first-order chi connectivity index (χ1) is 19.6. The van der Waals surface area contributed by atoms with Crippen molar-refractivity contribution in [3.63, 3.8) is 0 Å². The number of phenolic OH excluding ortho intramolecular Hbond substituents is 1. The minimum Gasteiger partial charge on any atom is -0.508 e. The summed E-state index contributed by atoms with van der Waals surface area (Å²) in [6.07, 6.45) is 3.42. The maximum atomic E-state index is 14.0. The van der Waals surface area contributed by atoms with E-state index in [1.54, 1.807) is 12.4 Å². The first-order valence-electron chi connectivity index (χ1n) is 12.6. The minimum absolute atomic E-state index is 0.151. The number of halogens is 1. The quantitative estimate of drug-likeness (QED) is 0.223. The molecule has 0 aliphatic rings. The number of aromatic amines is 2. The molecule has 9 heteroatoms. The molecule has 0 radical (unpaired) electrons. The van der Waals surface area contributed by atoms with Gasteiger partial charge in [0.2, 0.25) is 0 Å². The van der Waals surface area contributed by atoms with Crippen LogP contribution >= 0.6 is 0 Å². The number of rotatable bonds is 6. The van der Waals surface area contributed by atoms with E-state index in [1.807, 2.05) is 66.7 Å². The highest BCUT2D eigenvalue weighted by molar-refractivity contribution is 5.96. The van der Waals surface area contributed by atoms with E-state index in [2.05, 4.69) is 20.2 Å². The summed E-state index contributed by atoms with van der Waals surface area (Å²) in [5, 5.41) is 17.4. The van der Waals surface area contributed by atoms with Crippen LogP contribution in [0.2, 0.25) is 0 Å². The molecule has 4 heterocycles. The van der Waals surface area contributed by atoms with Crippen LogP contribution in [0.3, 0.4) is 0 Å². The van der Waals surface area contributed by atoms with Crippen molar-refractivity contribution < 1.29 is 14.2 Å². The van der Waals surface area contributed by atoms with E-state index in [0.29, 0.717) is 51.7 Å². The monoisotopic (exact) mass is 528 g/mol. The number of pyridine rings is 2. The number of H-pyrrole nitrogens is 2. The van der Waals surface area contributed by atoms with Crippen molar-refractivity contribution in [2.45, 2.75) is 6.61 Å². The molecule has 7 rings (SSSR count). The highest BCUT2D eigenvalue weighted by Gasteiger charge is 2.17. The van der Waals surface area contributed by atoms with E-state index in [0.717, 1.165) is 28.2 Å². The van der Waals surface area contributed by atoms with Crippen molar-refractivity contribution in [2.75, 3.05) is 0 Å². The van der Waals surface area contributed by atoms with Gasteiger partial charge in [0.05, 0.1) is 28.4 Å². The SMILES string of the molecule is Oc1cc(F)cc(-c2cccc3[nH]c(-c4n[nH]c5ccc(-c6cncc(OCc7ccccc7)c6)nc45)nc23)c1. The number of aromatic hydroxyl groups is 1. The summed E-state index contributed by atoms with van der Waals surface area (Å²) in [5.41, 5.74) is 7.09. The lowest BCUT2D eigenvalue weighted by Crippen LogP contribution is -1.96. The molecule has 0 atom stereocenters. The van der Waals surface area contributed by atoms with Crippen LogP contribution in [-0.2, 0) is 6.61 Å². The second kappa shape index (κ2) is 9.63. The van der Waals surface area contributed by atoms with Crippen molar-refractivity contribution in [1.29, 1.82) is 0 Å². The van der Waals surface area contributed by atoms with E-state index in [-0.39, 0.29) is 5.75 Å². The Bertz CT molecular complexity index is 1980. The van der Waals surface area contributed by atoms with Crippen molar-refractivity contribution in [2.24, 2.45) is 0 Å². The molecule has 0 unspecified atom stereocenters. The molecule has 0 bridgehead atoms. The minimum atomic E-state index is -0.526. The molecule has 4 aromatic heterocycles. The second-order valence-electron chi connectivity index (χ2n) is 9.33. The summed E-state index contributed by atoms with van der Waals surface area (Å²) in [6.45, 7) is 0.438. The number of hydrogen-bond donors (Lipinski definition) is 3. The highest BCUT2D eigenvalue weighted by Crippen LogP contribution is 2.33. The molecule has 7 aromatic rings. The zero-order valence-corrected chi connectivity index (χ0v) is 21.0. The van der Waals surface area contributed by atoms with Crippen molar-refractivity contribution in [3.8, 4) is 45.4 Å². The summed E-state index contributed by atoms with van der Waals surface area (Å²) >= 11 is 0. The molecule has 40 heavy (non-hydrogen) atoms. The normalized spacial score (nSPS) is 11.3. The van der Waals surface area contributed by atoms with E-state index in [4.69, 9.17) is 14.7 Å². The van der Waals surface area contributed by atoms with E-state index < -0.39 is 5.82 Å². The van der Waals surface area contributed by atoms with Gasteiger partial charge >= 0.3 is 0 Å². The lowest BCUT2D eigenvalue weighted by molar-refractivity contribution is 0.305. The van der Waals surface area contributed by atoms with Gasteiger partial charge in [0, 0.05) is 23.4 Å². The molecule has 8 nitrogen and oxygen atoms in total. The van der Waals surface area contributed by atoms with Crippen molar-refractivity contribution >= 4 is 22.1 Å². The van der Waals surface area contributed by atoms with E-state index in [9.17, 15) is 9.50 Å². The van der Waals surface area contributed by atoms with Crippen LogP contribution in [0.5, 0.6) is 11.5 Å². The highest BCUT2D eigenvalue weighted by atomic mass is 19.1. The maximum Gasteiger partial charge on any atom is 0.161 e. The van der Waals surface area contributed by atoms with Gasteiger partial charge < -0.3 is 14.8 Å². The standard InChI is InChI=1S/C31H21FN6O2/c32-21-11-19(12-22(39)14-21)24-7-4-8-26-28(24)36-31(35-26)30-29-27(37-38-30)10-9-25(34-29)20-13-23(16-33-15-20)40-17-18-5-2-1-3-6-18/h1-16,39H,17H2,(H,35,36)(H,37,38). The first-order valence-corrected chi connectivity index (χ1v) is 12.6. The average Bonchev–Trinajstić information content (AvgIpc) is 3.60. The third-order valence-corrected chi connectivity index (χ3v) is 6.60. The average molecular weight is 529 g/mol. The number of benzene rings is 3. The Morgan fingerprint density at radius 1 is 0.800 bits per heavy atom. The van der Waals surface area contributed by atoms with Crippen LogP contribution < -0.4 is 4.74 Å². The van der Waals surface area contributed by atoms with Crippen LogP contribution in [0.15, 0.2) is 97.3 Å². The number of imidazole rings is 1. The first kappa shape index (κ1) is 23.5. The number of nitrogens with zero attached hydrogens (tertiary/aromatic N) is 4. The van der Waals surface area contributed by atoms with Gasteiger partial charge in [-0.2, -0.15) is 5.10 Å². The molecule has 3 N–H and O–H groups in total. The number of fused-ring (bicyclic) bond motifs is 2. The lowest BCUT2D eigenvalue weighted by Gasteiger charge is -2.08. The Balaban J connectivity index is 1.25. The van der Waals surface area contributed by atoms with Gasteiger partial charge in [-0.25, -0.2) is 14.4 Å². The fourth-order valence-corrected chi connectivity index (χ4v) is 4.71. The summed E-state index contributed by atoms with van der Waals surface area (Å²) in [4.78, 5) is 17.3. The van der Waals surface area contributed by atoms with Crippen LogP contribution in [0.25, 0.3) is 56.0 Å². The van der Waals surface area contributed by atoms with Crippen molar-refractivity contribution in [1.82, 2.24) is 30.1 Å².